The van der Waals surface area contributed by atoms with Gasteiger partial charge in [0.05, 0.1) is 0 Å². The van der Waals surface area contributed by atoms with Crippen LogP contribution in [0, 0.1) is 0 Å². The molecule has 0 aromatic rings. The summed E-state index contributed by atoms with van der Waals surface area (Å²) in [4.78, 5) is 23.0. The van der Waals surface area contributed by atoms with Crippen LogP contribution in [0.1, 0.15) is 149 Å². The van der Waals surface area contributed by atoms with Gasteiger partial charge in [0.2, 0.25) is 0 Å². The van der Waals surface area contributed by atoms with Crippen molar-refractivity contribution < 1.29 is 19.4 Å². The van der Waals surface area contributed by atoms with Gasteiger partial charge in [-0.25, -0.2) is 0 Å². The Morgan fingerprint density at radius 3 is 1.75 bits per heavy atom. The van der Waals surface area contributed by atoms with E-state index < -0.39 is 5.97 Å². The molecule has 0 bridgehead atoms. The molecule has 1 unspecified atom stereocenters. The Hall–Kier alpha value is -2.36. The van der Waals surface area contributed by atoms with Gasteiger partial charge in [-0.2, -0.15) is 0 Å². The van der Waals surface area contributed by atoms with Crippen LogP contribution in [-0.2, 0) is 14.3 Å². The number of carbonyl (C=O) groups excluding carboxylic acids is 1. The van der Waals surface area contributed by atoms with Gasteiger partial charge in [0.25, 0.3) is 0 Å². The monoisotopic (exact) mass is 556 g/mol. The van der Waals surface area contributed by atoms with Crippen LogP contribution < -0.4 is 0 Å². The number of hydrogen-bond donors (Lipinski definition) is 1. The maximum absolute atomic E-state index is 12.4. The highest BCUT2D eigenvalue weighted by molar-refractivity contribution is 5.69. The minimum absolute atomic E-state index is 0.0876. The summed E-state index contributed by atoms with van der Waals surface area (Å²) in [5.41, 5.74) is 0. The van der Waals surface area contributed by atoms with Gasteiger partial charge in [0, 0.05) is 12.8 Å². The van der Waals surface area contributed by atoms with Crippen molar-refractivity contribution in [2.45, 2.75) is 155 Å². The highest BCUT2D eigenvalue weighted by Gasteiger charge is 2.11. The van der Waals surface area contributed by atoms with Gasteiger partial charge < -0.3 is 9.84 Å². The number of aliphatic carboxylic acids is 1. The summed E-state index contributed by atoms with van der Waals surface area (Å²) in [5, 5.41) is 8.75. The van der Waals surface area contributed by atoms with E-state index in [-0.39, 0.29) is 18.5 Å². The first-order valence-corrected chi connectivity index (χ1v) is 16.3. The van der Waals surface area contributed by atoms with Gasteiger partial charge >= 0.3 is 11.9 Å². The van der Waals surface area contributed by atoms with Gasteiger partial charge in [0.1, 0.15) is 6.10 Å². The van der Waals surface area contributed by atoms with Crippen LogP contribution >= 0.6 is 0 Å². The fourth-order valence-electron chi connectivity index (χ4n) is 4.30. The number of carboxylic acids is 1. The Labute approximate surface area is 246 Å². The van der Waals surface area contributed by atoms with Crippen LogP contribution in [0.25, 0.3) is 0 Å². The zero-order valence-electron chi connectivity index (χ0n) is 25.9. The smallest absolute Gasteiger partial charge is 0.306 e. The molecule has 0 spiro atoms. The number of carboxylic acid groups (broad SMARTS) is 1. The van der Waals surface area contributed by atoms with Gasteiger partial charge in [-0.05, 0) is 76.7 Å². The minimum Gasteiger partial charge on any atom is -0.481 e. The average Bonchev–Trinajstić information content (AvgIpc) is 2.93. The first-order chi connectivity index (χ1) is 19.6. The van der Waals surface area contributed by atoms with Crippen LogP contribution in [-0.4, -0.2) is 23.1 Å². The molecule has 0 fully saturated rings. The fourth-order valence-corrected chi connectivity index (χ4v) is 4.30. The topological polar surface area (TPSA) is 63.6 Å². The second kappa shape index (κ2) is 31.2. The van der Waals surface area contributed by atoms with Crippen LogP contribution in [0.5, 0.6) is 0 Å². The summed E-state index contributed by atoms with van der Waals surface area (Å²) < 4.78 is 5.77. The highest BCUT2D eigenvalue weighted by Crippen LogP contribution is 2.14. The Morgan fingerprint density at radius 1 is 0.600 bits per heavy atom. The lowest BCUT2D eigenvalue weighted by atomic mass is 10.1. The maximum Gasteiger partial charge on any atom is 0.306 e. The molecule has 4 heteroatoms. The van der Waals surface area contributed by atoms with Crippen molar-refractivity contribution in [1.29, 1.82) is 0 Å². The summed E-state index contributed by atoms with van der Waals surface area (Å²) in [6.45, 7) is 4.33. The summed E-state index contributed by atoms with van der Waals surface area (Å²) in [5.74, 6) is -0.817. The highest BCUT2D eigenvalue weighted by atomic mass is 16.5. The molecule has 0 aliphatic rings. The molecule has 0 aliphatic carbocycles. The SMILES string of the molecule is CC/C=C\C/C=C\C/C=C\C/C=C\CCCCCCCCC(=O)OC(/C=C\CCCC)CCCCCCC(=O)O. The minimum atomic E-state index is -0.729. The molecule has 0 saturated carbocycles. The molecule has 0 aliphatic heterocycles. The largest absolute Gasteiger partial charge is 0.481 e. The molecular formula is C36H60O4. The quantitative estimate of drug-likeness (QED) is 0.0591. The van der Waals surface area contributed by atoms with Crippen LogP contribution in [0.15, 0.2) is 60.8 Å². The lowest BCUT2D eigenvalue weighted by Crippen LogP contribution is -2.16. The van der Waals surface area contributed by atoms with Crippen molar-refractivity contribution in [1.82, 2.24) is 0 Å². The molecule has 0 heterocycles. The molecular weight excluding hydrogens is 496 g/mol. The molecule has 0 radical (unpaired) electrons. The van der Waals surface area contributed by atoms with Crippen LogP contribution in [0.3, 0.4) is 0 Å². The molecule has 0 amide bonds. The van der Waals surface area contributed by atoms with E-state index in [1.807, 2.05) is 0 Å². The standard InChI is InChI=1S/C36H60O4/c1-3-5-7-9-10-11-12-13-14-15-16-17-18-19-20-21-22-23-29-33-36(39)40-34(30-26-8-6-4-2)31-27-24-25-28-32-35(37)38/h5,7,10-11,13-14,16-17,26,30,34H,3-4,6,8-9,12,15,18-25,27-29,31-33H2,1-2H3,(H,37,38)/b7-5-,11-10-,14-13-,17-16-,30-26-. The molecule has 1 atom stereocenters. The summed E-state index contributed by atoms with van der Waals surface area (Å²) >= 11 is 0. The molecule has 40 heavy (non-hydrogen) atoms. The van der Waals surface area contributed by atoms with Crippen LogP contribution in [0.4, 0.5) is 0 Å². The summed E-state index contributed by atoms with van der Waals surface area (Å²) in [7, 11) is 0. The fraction of sp³-hybridized carbons (Fsp3) is 0.667. The van der Waals surface area contributed by atoms with E-state index in [1.165, 1.54) is 25.7 Å². The predicted octanol–water partition coefficient (Wildman–Crippen LogP) is 11.0. The third-order valence-electron chi connectivity index (χ3n) is 6.71. The predicted molar refractivity (Wildman–Crippen MR) is 172 cm³/mol. The number of carbonyl (C=O) groups is 2. The van der Waals surface area contributed by atoms with Crippen molar-refractivity contribution in [3.63, 3.8) is 0 Å². The Bertz CT molecular complexity index is 729. The zero-order valence-corrected chi connectivity index (χ0v) is 25.9. The van der Waals surface area contributed by atoms with Crippen molar-refractivity contribution in [3.8, 4) is 0 Å². The molecule has 1 N–H and O–H groups in total. The lowest BCUT2D eigenvalue weighted by Gasteiger charge is -2.14. The molecule has 0 rings (SSSR count). The van der Waals surface area contributed by atoms with E-state index in [0.717, 1.165) is 96.3 Å². The molecule has 4 nitrogen and oxygen atoms in total. The number of allylic oxidation sites excluding steroid dienone is 9. The third-order valence-corrected chi connectivity index (χ3v) is 6.71. The number of rotatable bonds is 28. The van der Waals surface area contributed by atoms with E-state index in [9.17, 15) is 9.59 Å². The number of unbranched alkanes of at least 4 members (excludes halogenated alkanes) is 11. The Kier molecular flexibility index (Phi) is 29.3. The van der Waals surface area contributed by atoms with Crippen LogP contribution in [0.2, 0.25) is 0 Å². The summed E-state index contributed by atoms with van der Waals surface area (Å²) in [6, 6.07) is 0. The average molecular weight is 557 g/mol. The van der Waals surface area contributed by atoms with E-state index in [2.05, 4.69) is 74.6 Å². The number of hydrogen-bond acceptors (Lipinski definition) is 3. The lowest BCUT2D eigenvalue weighted by molar-refractivity contribution is -0.147. The van der Waals surface area contributed by atoms with Crippen molar-refractivity contribution in [3.05, 3.63) is 60.8 Å². The van der Waals surface area contributed by atoms with Crippen molar-refractivity contribution >= 4 is 11.9 Å². The van der Waals surface area contributed by atoms with E-state index >= 15 is 0 Å². The van der Waals surface area contributed by atoms with Crippen molar-refractivity contribution in [2.75, 3.05) is 0 Å². The van der Waals surface area contributed by atoms with Gasteiger partial charge in [-0.3, -0.25) is 9.59 Å². The van der Waals surface area contributed by atoms with E-state index in [1.54, 1.807) is 0 Å². The maximum atomic E-state index is 12.4. The second-order valence-corrected chi connectivity index (χ2v) is 10.6. The molecule has 0 aromatic heterocycles. The summed E-state index contributed by atoms with van der Waals surface area (Å²) in [6.07, 6.45) is 42.6. The molecule has 228 valence electrons. The first-order valence-electron chi connectivity index (χ1n) is 16.3. The van der Waals surface area contributed by atoms with Gasteiger partial charge in [-0.15, -0.1) is 0 Å². The Morgan fingerprint density at radius 2 is 1.12 bits per heavy atom. The molecule has 0 aromatic carbocycles. The van der Waals surface area contributed by atoms with E-state index in [4.69, 9.17) is 9.84 Å². The van der Waals surface area contributed by atoms with E-state index in [0.29, 0.717) is 6.42 Å². The second-order valence-electron chi connectivity index (χ2n) is 10.6. The first kappa shape index (κ1) is 37.6. The zero-order chi connectivity index (χ0) is 29.4. The van der Waals surface area contributed by atoms with Gasteiger partial charge in [0.15, 0.2) is 0 Å². The number of ether oxygens (including phenoxy) is 1. The normalized spacial score (nSPS) is 13.1. The van der Waals surface area contributed by atoms with Crippen molar-refractivity contribution in [2.24, 2.45) is 0 Å². The Balaban J connectivity index is 3.85. The molecule has 0 saturated heterocycles. The van der Waals surface area contributed by atoms with Gasteiger partial charge in [-0.1, -0.05) is 120 Å². The third kappa shape index (κ3) is 30.2. The number of esters is 1.